The molecule has 0 saturated carbocycles. The van der Waals surface area contributed by atoms with Crippen LogP contribution in [0.1, 0.15) is 35.3 Å². The third-order valence-electron chi connectivity index (χ3n) is 5.07. The summed E-state index contributed by atoms with van der Waals surface area (Å²) in [6.45, 7) is 5.31. The average molecular weight is 352 g/mol. The molecule has 6 heteroatoms. The Bertz CT molecular complexity index is 714. The van der Waals surface area contributed by atoms with Gasteiger partial charge >= 0.3 is 7.12 Å². The van der Waals surface area contributed by atoms with Gasteiger partial charge in [-0.3, -0.25) is 9.69 Å². The van der Waals surface area contributed by atoms with Crippen LogP contribution in [0.25, 0.3) is 0 Å². The second-order valence-corrected chi connectivity index (χ2v) is 6.66. The van der Waals surface area contributed by atoms with Crippen molar-refractivity contribution < 1.29 is 14.8 Å². The summed E-state index contributed by atoms with van der Waals surface area (Å²) >= 11 is 0. The van der Waals surface area contributed by atoms with E-state index in [-0.39, 0.29) is 5.91 Å². The summed E-state index contributed by atoms with van der Waals surface area (Å²) in [5.74, 6) is -0.00334. The highest BCUT2D eigenvalue weighted by Crippen LogP contribution is 2.25. The Labute approximate surface area is 155 Å². The average Bonchev–Trinajstić information content (AvgIpc) is 2.69. The number of rotatable bonds is 5. The molecular formula is C20H25BN2O3. The van der Waals surface area contributed by atoms with Crippen molar-refractivity contribution in [3.63, 3.8) is 0 Å². The van der Waals surface area contributed by atoms with Crippen LogP contribution in [0.3, 0.4) is 0 Å². The van der Waals surface area contributed by atoms with Crippen LogP contribution in [0, 0.1) is 0 Å². The van der Waals surface area contributed by atoms with Gasteiger partial charge in [-0.25, -0.2) is 0 Å². The number of nitrogens with zero attached hydrogens (tertiary/aromatic N) is 2. The first-order chi connectivity index (χ1) is 12.6. The van der Waals surface area contributed by atoms with Crippen LogP contribution in [-0.4, -0.2) is 59.1 Å². The van der Waals surface area contributed by atoms with Crippen molar-refractivity contribution in [2.45, 2.75) is 19.4 Å². The van der Waals surface area contributed by atoms with E-state index in [9.17, 15) is 4.79 Å². The second kappa shape index (κ2) is 8.49. The summed E-state index contributed by atoms with van der Waals surface area (Å²) in [6.07, 6.45) is 1.04. The van der Waals surface area contributed by atoms with Crippen LogP contribution in [0.2, 0.25) is 0 Å². The van der Waals surface area contributed by atoms with E-state index in [1.54, 1.807) is 24.3 Å². The molecule has 1 amide bonds. The first-order valence-electron chi connectivity index (χ1n) is 9.14. The van der Waals surface area contributed by atoms with E-state index in [1.807, 2.05) is 11.0 Å². The molecule has 2 aromatic carbocycles. The molecular weight excluding hydrogens is 327 g/mol. The van der Waals surface area contributed by atoms with E-state index < -0.39 is 7.12 Å². The van der Waals surface area contributed by atoms with Crippen molar-refractivity contribution in [1.29, 1.82) is 0 Å². The third-order valence-corrected chi connectivity index (χ3v) is 5.07. The first kappa shape index (κ1) is 18.6. The zero-order valence-corrected chi connectivity index (χ0v) is 15.1. The molecule has 136 valence electrons. The molecule has 3 rings (SSSR count). The maximum atomic E-state index is 12.7. The molecule has 1 fully saturated rings. The van der Waals surface area contributed by atoms with Crippen LogP contribution >= 0.6 is 0 Å². The van der Waals surface area contributed by atoms with E-state index in [0.717, 1.165) is 19.5 Å². The highest BCUT2D eigenvalue weighted by molar-refractivity contribution is 6.58. The summed E-state index contributed by atoms with van der Waals surface area (Å²) in [7, 11) is -1.51. The molecule has 1 aliphatic rings. The maximum absolute atomic E-state index is 12.7. The summed E-state index contributed by atoms with van der Waals surface area (Å²) in [5.41, 5.74) is 2.30. The van der Waals surface area contributed by atoms with Crippen LogP contribution in [-0.2, 0) is 0 Å². The van der Waals surface area contributed by atoms with E-state index in [1.165, 1.54) is 5.56 Å². The molecule has 5 nitrogen and oxygen atoms in total. The number of carbonyl (C=O) groups is 1. The topological polar surface area (TPSA) is 64.0 Å². The summed E-state index contributed by atoms with van der Waals surface area (Å²) in [5, 5.41) is 18.3. The molecule has 0 aromatic heterocycles. The van der Waals surface area contributed by atoms with E-state index in [4.69, 9.17) is 10.0 Å². The van der Waals surface area contributed by atoms with Crippen molar-refractivity contribution in [1.82, 2.24) is 9.80 Å². The van der Waals surface area contributed by atoms with Gasteiger partial charge in [0.2, 0.25) is 0 Å². The molecule has 1 saturated heterocycles. The minimum absolute atomic E-state index is 0.00334. The van der Waals surface area contributed by atoms with Gasteiger partial charge in [0.25, 0.3) is 5.91 Å². The van der Waals surface area contributed by atoms with Crippen LogP contribution in [0.15, 0.2) is 54.6 Å². The van der Waals surface area contributed by atoms with Gasteiger partial charge < -0.3 is 14.9 Å². The van der Waals surface area contributed by atoms with Crippen LogP contribution in [0.5, 0.6) is 0 Å². The van der Waals surface area contributed by atoms with Gasteiger partial charge in [0, 0.05) is 37.8 Å². The van der Waals surface area contributed by atoms with Gasteiger partial charge in [0.15, 0.2) is 0 Å². The molecule has 0 spiro atoms. The zero-order valence-electron chi connectivity index (χ0n) is 15.1. The van der Waals surface area contributed by atoms with Crippen molar-refractivity contribution in [2.24, 2.45) is 0 Å². The van der Waals surface area contributed by atoms with Gasteiger partial charge in [0.05, 0.1) is 0 Å². The molecule has 1 unspecified atom stereocenters. The Hall–Kier alpha value is -2.15. The number of hydrogen-bond donors (Lipinski definition) is 2. The summed E-state index contributed by atoms with van der Waals surface area (Å²) in [6, 6.07) is 17.4. The number of piperazine rings is 1. The van der Waals surface area contributed by atoms with Gasteiger partial charge in [-0.1, -0.05) is 49.4 Å². The Morgan fingerprint density at radius 3 is 2.15 bits per heavy atom. The number of carbonyl (C=O) groups excluding carboxylic acids is 1. The fourth-order valence-electron chi connectivity index (χ4n) is 3.60. The van der Waals surface area contributed by atoms with Crippen LogP contribution in [0.4, 0.5) is 0 Å². The molecule has 0 bridgehead atoms. The lowest BCUT2D eigenvalue weighted by atomic mass is 9.80. The Morgan fingerprint density at radius 2 is 1.62 bits per heavy atom. The van der Waals surface area contributed by atoms with Gasteiger partial charge in [-0.2, -0.15) is 0 Å². The predicted octanol–water partition coefficient (Wildman–Crippen LogP) is 1.28. The monoisotopic (exact) mass is 352 g/mol. The Balaban J connectivity index is 1.61. The van der Waals surface area contributed by atoms with Crippen molar-refractivity contribution in [2.75, 3.05) is 26.2 Å². The summed E-state index contributed by atoms with van der Waals surface area (Å²) in [4.78, 5) is 17.0. The number of hydrogen-bond acceptors (Lipinski definition) is 4. The smallest absolute Gasteiger partial charge is 0.423 e. The minimum Gasteiger partial charge on any atom is -0.423 e. The predicted molar refractivity (Wildman–Crippen MR) is 103 cm³/mol. The lowest BCUT2D eigenvalue weighted by Gasteiger charge is -2.39. The largest absolute Gasteiger partial charge is 0.488 e. The fourth-order valence-corrected chi connectivity index (χ4v) is 3.60. The van der Waals surface area contributed by atoms with Crippen molar-refractivity contribution in [3.05, 3.63) is 65.7 Å². The standard InChI is InChI=1S/C20H25BN2O3/c1-2-19(16-6-4-3-5-7-16)22-12-14-23(15-13-22)20(24)17-8-10-18(11-9-17)21(25)26/h3-11,19,25-26H,2,12-15H2,1H3. The van der Waals surface area contributed by atoms with Gasteiger partial charge in [0.1, 0.15) is 0 Å². The molecule has 26 heavy (non-hydrogen) atoms. The van der Waals surface area contributed by atoms with Gasteiger partial charge in [-0.15, -0.1) is 0 Å². The lowest BCUT2D eigenvalue weighted by molar-refractivity contribution is 0.0562. The summed E-state index contributed by atoms with van der Waals surface area (Å²) < 4.78 is 0. The SMILES string of the molecule is CCC(c1ccccc1)N1CCN(C(=O)c2ccc(B(O)O)cc2)CC1. The first-order valence-corrected chi connectivity index (χ1v) is 9.14. The highest BCUT2D eigenvalue weighted by atomic mass is 16.4. The quantitative estimate of drug-likeness (QED) is 0.796. The molecule has 1 aliphatic heterocycles. The maximum Gasteiger partial charge on any atom is 0.488 e. The highest BCUT2D eigenvalue weighted by Gasteiger charge is 2.26. The Kier molecular flexibility index (Phi) is 6.09. The van der Waals surface area contributed by atoms with Crippen molar-refractivity contribution in [3.8, 4) is 0 Å². The zero-order chi connectivity index (χ0) is 18.5. The van der Waals surface area contributed by atoms with E-state index in [2.05, 4.69) is 36.1 Å². The second-order valence-electron chi connectivity index (χ2n) is 6.66. The van der Waals surface area contributed by atoms with Crippen LogP contribution < -0.4 is 5.46 Å². The number of benzene rings is 2. The lowest BCUT2D eigenvalue weighted by Crippen LogP contribution is -2.49. The Morgan fingerprint density at radius 1 is 1.00 bits per heavy atom. The normalized spacial score (nSPS) is 16.3. The number of amides is 1. The van der Waals surface area contributed by atoms with E-state index >= 15 is 0 Å². The molecule has 0 radical (unpaired) electrons. The minimum atomic E-state index is -1.51. The van der Waals surface area contributed by atoms with Crippen molar-refractivity contribution >= 4 is 18.5 Å². The molecule has 1 heterocycles. The molecule has 2 aromatic rings. The molecule has 1 atom stereocenters. The third kappa shape index (κ3) is 4.15. The molecule has 2 N–H and O–H groups in total. The van der Waals surface area contributed by atoms with Gasteiger partial charge in [-0.05, 0) is 29.6 Å². The van der Waals surface area contributed by atoms with E-state index in [0.29, 0.717) is 30.2 Å². The fraction of sp³-hybridized carbons (Fsp3) is 0.350. The molecule has 0 aliphatic carbocycles.